The molecule has 17 heavy (non-hydrogen) atoms. The summed E-state index contributed by atoms with van der Waals surface area (Å²) in [6.45, 7) is 0. The van der Waals surface area contributed by atoms with Crippen molar-refractivity contribution in [3.05, 3.63) is 45.1 Å². The van der Waals surface area contributed by atoms with E-state index in [1.807, 2.05) is 0 Å². The van der Waals surface area contributed by atoms with Crippen molar-refractivity contribution < 1.29 is 14.7 Å². The van der Waals surface area contributed by atoms with Crippen LogP contribution in [0.15, 0.2) is 29.6 Å². The first-order valence-corrected chi connectivity index (χ1v) is 5.95. The maximum atomic E-state index is 11.1. The topological polar surface area (TPSA) is 54.4 Å². The molecule has 5 heteroatoms. The third-order valence-electron chi connectivity index (χ3n) is 2.27. The Bertz CT molecular complexity index is 589. The highest BCUT2D eigenvalue weighted by Gasteiger charge is 2.16. The van der Waals surface area contributed by atoms with Crippen LogP contribution >= 0.6 is 22.9 Å². The van der Waals surface area contributed by atoms with Gasteiger partial charge in [0.2, 0.25) is 0 Å². The molecule has 86 valence electrons. The highest BCUT2D eigenvalue weighted by Crippen LogP contribution is 2.31. The van der Waals surface area contributed by atoms with E-state index < -0.39 is 5.97 Å². The Balaban J connectivity index is 2.62. The molecule has 0 bridgehead atoms. The summed E-state index contributed by atoms with van der Waals surface area (Å²) in [5, 5.41) is 11.0. The third kappa shape index (κ3) is 2.23. The molecule has 0 amide bonds. The molecule has 0 spiro atoms. The van der Waals surface area contributed by atoms with Gasteiger partial charge in [0.1, 0.15) is 0 Å². The third-order valence-corrected chi connectivity index (χ3v) is 3.45. The van der Waals surface area contributed by atoms with Crippen LogP contribution in [-0.4, -0.2) is 17.4 Å². The lowest BCUT2D eigenvalue weighted by Gasteiger charge is -2.05. The van der Waals surface area contributed by atoms with Gasteiger partial charge in [-0.25, -0.2) is 4.79 Å². The van der Waals surface area contributed by atoms with Gasteiger partial charge in [-0.3, -0.25) is 4.79 Å². The molecule has 1 N–H and O–H groups in total. The Labute approximate surface area is 106 Å². The number of benzene rings is 1. The number of aromatic carboxylic acids is 1. The van der Waals surface area contributed by atoms with Gasteiger partial charge in [0.05, 0.1) is 15.5 Å². The van der Waals surface area contributed by atoms with Gasteiger partial charge in [-0.05, 0) is 28.6 Å². The minimum absolute atomic E-state index is 0.0596. The van der Waals surface area contributed by atoms with E-state index in [0.717, 1.165) is 6.29 Å². The number of carboxylic acid groups (broad SMARTS) is 1. The minimum atomic E-state index is -1.08. The van der Waals surface area contributed by atoms with Gasteiger partial charge in [-0.15, -0.1) is 11.3 Å². The molecule has 0 aliphatic carbocycles. The summed E-state index contributed by atoms with van der Waals surface area (Å²) in [6.07, 6.45) is 0.735. The predicted molar refractivity (Wildman–Crippen MR) is 67.1 cm³/mol. The fraction of sp³-hybridized carbons (Fsp3) is 0. The van der Waals surface area contributed by atoms with Crippen LogP contribution in [-0.2, 0) is 0 Å². The van der Waals surface area contributed by atoms with Gasteiger partial charge in [0, 0.05) is 0 Å². The van der Waals surface area contributed by atoms with Gasteiger partial charge in [-0.2, -0.15) is 0 Å². The van der Waals surface area contributed by atoms with Gasteiger partial charge < -0.3 is 5.11 Å². The molecule has 0 fully saturated rings. The van der Waals surface area contributed by atoms with Crippen LogP contribution < -0.4 is 0 Å². The van der Waals surface area contributed by atoms with E-state index in [9.17, 15) is 9.59 Å². The Morgan fingerprint density at radius 3 is 2.76 bits per heavy atom. The monoisotopic (exact) mass is 266 g/mol. The number of rotatable bonds is 3. The summed E-state index contributed by atoms with van der Waals surface area (Å²) < 4.78 is 0. The Hall–Kier alpha value is -1.65. The summed E-state index contributed by atoms with van der Waals surface area (Å²) in [5.41, 5.74) is 1.27. The lowest BCUT2D eigenvalue weighted by atomic mass is 10.0. The molecule has 0 radical (unpaired) electrons. The molecular formula is C12H7ClO3S. The second kappa shape index (κ2) is 4.69. The van der Waals surface area contributed by atoms with Crippen LogP contribution in [0, 0.1) is 0 Å². The summed E-state index contributed by atoms with van der Waals surface area (Å²) in [7, 11) is 0. The van der Waals surface area contributed by atoms with E-state index in [1.165, 1.54) is 17.4 Å². The van der Waals surface area contributed by atoms with E-state index in [4.69, 9.17) is 16.7 Å². The first kappa shape index (κ1) is 11.8. The van der Waals surface area contributed by atoms with E-state index in [2.05, 4.69) is 0 Å². The number of carbonyl (C=O) groups excluding carboxylic acids is 1. The number of hydrogen-bond acceptors (Lipinski definition) is 3. The highest BCUT2D eigenvalue weighted by molar-refractivity contribution is 7.12. The second-order valence-electron chi connectivity index (χ2n) is 3.32. The minimum Gasteiger partial charge on any atom is -0.478 e. The van der Waals surface area contributed by atoms with E-state index in [0.29, 0.717) is 16.0 Å². The SMILES string of the molecule is O=Cc1cc(-c2cccc(Cl)c2C(=O)O)cs1. The van der Waals surface area contributed by atoms with E-state index in [1.54, 1.807) is 23.6 Å². The molecule has 0 saturated heterocycles. The molecule has 0 aliphatic rings. The standard InChI is InChI=1S/C12H7ClO3S/c13-10-3-1-2-9(11(10)12(15)16)7-4-8(5-14)17-6-7/h1-6H,(H,15,16). The van der Waals surface area contributed by atoms with E-state index >= 15 is 0 Å². The van der Waals surface area contributed by atoms with Crippen LogP contribution in [0.2, 0.25) is 5.02 Å². The van der Waals surface area contributed by atoms with Gasteiger partial charge in [-0.1, -0.05) is 23.7 Å². The number of carboxylic acids is 1. The Morgan fingerprint density at radius 1 is 1.41 bits per heavy atom. The van der Waals surface area contributed by atoms with Crippen LogP contribution in [0.3, 0.4) is 0 Å². The maximum Gasteiger partial charge on any atom is 0.337 e. The molecular weight excluding hydrogens is 260 g/mol. The predicted octanol–water partition coefficient (Wildman–Crippen LogP) is 3.58. The summed E-state index contributed by atoms with van der Waals surface area (Å²) >= 11 is 7.13. The number of hydrogen-bond donors (Lipinski definition) is 1. The summed E-state index contributed by atoms with van der Waals surface area (Å²) in [5.74, 6) is -1.08. The molecule has 0 aliphatic heterocycles. The Kier molecular flexibility index (Phi) is 3.26. The normalized spacial score (nSPS) is 10.2. The molecule has 2 rings (SSSR count). The van der Waals surface area contributed by atoms with E-state index in [-0.39, 0.29) is 10.6 Å². The van der Waals surface area contributed by atoms with Crippen molar-refractivity contribution in [3.63, 3.8) is 0 Å². The highest BCUT2D eigenvalue weighted by atomic mass is 35.5. The van der Waals surface area contributed by atoms with Gasteiger partial charge >= 0.3 is 5.97 Å². The molecule has 1 heterocycles. The van der Waals surface area contributed by atoms with Crippen LogP contribution in [0.1, 0.15) is 20.0 Å². The van der Waals surface area contributed by atoms with Crippen molar-refractivity contribution in [2.45, 2.75) is 0 Å². The molecule has 3 nitrogen and oxygen atoms in total. The van der Waals surface area contributed by atoms with Crippen molar-refractivity contribution >= 4 is 35.2 Å². The second-order valence-corrected chi connectivity index (χ2v) is 4.67. The number of aldehydes is 1. The van der Waals surface area contributed by atoms with Crippen molar-refractivity contribution in [2.75, 3.05) is 0 Å². The zero-order valence-corrected chi connectivity index (χ0v) is 10.1. The average Bonchev–Trinajstić information content (AvgIpc) is 2.76. The fourth-order valence-corrected chi connectivity index (χ4v) is 2.50. The molecule has 0 saturated carbocycles. The zero-order chi connectivity index (χ0) is 12.4. The van der Waals surface area contributed by atoms with Crippen molar-refractivity contribution in [3.8, 4) is 11.1 Å². The molecule has 1 aromatic carbocycles. The smallest absolute Gasteiger partial charge is 0.337 e. The van der Waals surface area contributed by atoms with Crippen LogP contribution in [0.4, 0.5) is 0 Å². The van der Waals surface area contributed by atoms with Crippen molar-refractivity contribution in [2.24, 2.45) is 0 Å². The number of halogens is 1. The molecule has 1 aromatic heterocycles. The summed E-state index contributed by atoms with van der Waals surface area (Å²) in [6, 6.07) is 6.53. The lowest BCUT2D eigenvalue weighted by molar-refractivity contribution is 0.0698. The molecule has 2 aromatic rings. The first-order valence-electron chi connectivity index (χ1n) is 4.69. The van der Waals surface area contributed by atoms with Crippen molar-refractivity contribution in [1.29, 1.82) is 0 Å². The van der Waals surface area contributed by atoms with Gasteiger partial charge in [0.15, 0.2) is 6.29 Å². The summed E-state index contributed by atoms with van der Waals surface area (Å²) in [4.78, 5) is 22.3. The van der Waals surface area contributed by atoms with Crippen molar-refractivity contribution in [1.82, 2.24) is 0 Å². The van der Waals surface area contributed by atoms with Crippen LogP contribution in [0.5, 0.6) is 0 Å². The molecule has 0 unspecified atom stereocenters. The van der Waals surface area contributed by atoms with Gasteiger partial charge in [0.25, 0.3) is 0 Å². The lowest BCUT2D eigenvalue weighted by Crippen LogP contribution is -2.00. The average molecular weight is 267 g/mol. The Morgan fingerprint density at radius 2 is 2.18 bits per heavy atom. The molecule has 0 atom stereocenters. The maximum absolute atomic E-state index is 11.1. The van der Waals surface area contributed by atoms with Crippen LogP contribution in [0.25, 0.3) is 11.1 Å². The number of thiophene rings is 1. The quantitative estimate of drug-likeness (QED) is 0.864. The first-order chi connectivity index (χ1) is 8.13. The zero-order valence-electron chi connectivity index (χ0n) is 8.51. The number of carbonyl (C=O) groups is 2. The largest absolute Gasteiger partial charge is 0.478 e. The fourth-order valence-electron chi connectivity index (χ4n) is 1.54.